The Morgan fingerprint density at radius 2 is 2.00 bits per heavy atom. The molecule has 0 saturated carbocycles. The van der Waals surface area contributed by atoms with Gasteiger partial charge in [0.2, 0.25) is 0 Å². The Morgan fingerprint density at radius 3 is 2.50 bits per heavy atom. The van der Waals surface area contributed by atoms with Gasteiger partial charge in [-0.25, -0.2) is 4.98 Å². The van der Waals surface area contributed by atoms with E-state index >= 15 is 0 Å². The number of carboxylic acids is 1. The molecule has 0 radical (unpaired) electrons. The van der Waals surface area contributed by atoms with Crippen molar-refractivity contribution < 1.29 is 14.7 Å². The average Bonchev–Trinajstić information content (AvgIpc) is 2.35. The van der Waals surface area contributed by atoms with Gasteiger partial charge in [-0.2, -0.15) is 0 Å². The summed E-state index contributed by atoms with van der Waals surface area (Å²) in [6.07, 6.45) is 3.75. The fourth-order valence-corrected chi connectivity index (χ4v) is 1.99. The van der Waals surface area contributed by atoms with E-state index in [1.165, 1.54) is 12.4 Å². The lowest BCUT2D eigenvalue weighted by Crippen LogP contribution is -2.31. The van der Waals surface area contributed by atoms with Crippen molar-refractivity contribution in [3.05, 3.63) is 23.8 Å². The summed E-state index contributed by atoms with van der Waals surface area (Å²) in [5.74, 6) is -0.859. The van der Waals surface area contributed by atoms with Gasteiger partial charge in [-0.05, 0) is 25.2 Å². The smallest absolute Gasteiger partial charge is 0.303 e. The minimum atomic E-state index is -0.847. The van der Waals surface area contributed by atoms with Crippen LogP contribution in [0.4, 0.5) is 0 Å². The second kappa shape index (κ2) is 7.57. The molecule has 2 N–H and O–H groups in total. The van der Waals surface area contributed by atoms with E-state index in [1.54, 1.807) is 6.92 Å². The van der Waals surface area contributed by atoms with Gasteiger partial charge in [0, 0.05) is 19.2 Å². The van der Waals surface area contributed by atoms with E-state index in [0.29, 0.717) is 12.5 Å². The molecule has 0 spiro atoms. The van der Waals surface area contributed by atoms with Crippen LogP contribution in [-0.2, 0) is 4.79 Å². The molecule has 1 amide bonds. The van der Waals surface area contributed by atoms with Crippen molar-refractivity contribution in [2.75, 3.05) is 6.54 Å². The second-order valence-corrected chi connectivity index (χ2v) is 5.35. The molecule has 1 atom stereocenters. The molecule has 0 aliphatic rings. The normalized spacial score (nSPS) is 12.2. The van der Waals surface area contributed by atoms with E-state index in [0.717, 1.165) is 12.1 Å². The molecule has 6 heteroatoms. The minimum Gasteiger partial charge on any atom is -0.481 e. The Morgan fingerprint density at radius 1 is 1.30 bits per heavy atom. The summed E-state index contributed by atoms with van der Waals surface area (Å²) in [6, 6.07) is 0. The summed E-state index contributed by atoms with van der Waals surface area (Å²) in [4.78, 5) is 30.7. The Kier molecular flexibility index (Phi) is 6.09. The summed E-state index contributed by atoms with van der Waals surface area (Å²) in [5, 5.41) is 11.6. The highest BCUT2D eigenvalue weighted by atomic mass is 16.4. The van der Waals surface area contributed by atoms with Gasteiger partial charge in [-0.1, -0.05) is 13.8 Å². The highest BCUT2D eigenvalue weighted by Crippen LogP contribution is 2.14. The predicted molar refractivity (Wildman–Crippen MR) is 74.3 cm³/mol. The first-order valence-corrected chi connectivity index (χ1v) is 6.67. The first kappa shape index (κ1) is 16.1. The molecule has 0 aliphatic heterocycles. The second-order valence-electron chi connectivity index (χ2n) is 5.35. The predicted octanol–water partition coefficient (Wildman–Crippen LogP) is 1.65. The molecule has 1 rings (SSSR count). The fraction of sp³-hybridized carbons (Fsp3) is 0.571. The van der Waals surface area contributed by atoms with Gasteiger partial charge in [-0.15, -0.1) is 0 Å². The van der Waals surface area contributed by atoms with Crippen LogP contribution in [0.1, 0.15) is 42.9 Å². The molecule has 20 heavy (non-hydrogen) atoms. The number of hydrogen-bond donors (Lipinski definition) is 2. The third-order valence-corrected chi connectivity index (χ3v) is 2.83. The molecule has 110 valence electrons. The first-order valence-electron chi connectivity index (χ1n) is 6.67. The number of carbonyl (C=O) groups excluding carboxylic acids is 1. The number of aliphatic carboxylic acids is 1. The van der Waals surface area contributed by atoms with Crippen LogP contribution in [0.5, 0.6) is 0 Å². The topological polar surface area (TPSA) is 92.2 Å². The minimum absolute atomic E-state index is 0.0536. The van der Waals surface area contributed by atoms with Crippen molar-refractivity contribution in [3.63, 3.8) is 0 Å². The van der Waals surface area contributed by atoms with Crippen molar-refractivity contribution in [3.8, 4) is 0 Å². The zero-order chi connectivity index (χ0) is 15.1. The van der Waals surface area contributed by atoms with Crippen molar-refractivity contribution in [1.82, 2.24) is 15.3 Å². The van der Waals surface area contributed by atoms with Crippen molar-refractivity contribution in [2.45, 2.75) is 33.6 Å². The van der Waals surface area contributed by atoms with Gasteiger partial charge >= 0.3 is 5.97 Å². The summed E-state index contributed by atoms with van der Waals surface area (Å²) < 4.78 is 0. The third-order valence-electron chi connectivity index (χ3n) is 2.83. The molecule has 0 saturated heterocycles. The van der Waals surface area contributed by atoms with Crippen LogP contribution in [0.2, 0.25) is 0 Å². The SMILES string of the molecule is Cc1cnc(C(=O)NCC(CC(=O)O)CC(C)C)cn1. The van der Waals surface area contributed by atoms with E-state index in [-0.39, 0.29) is 23.9 Å². The summed E-state index contributed by atoms with van der Waals surface area (Å²) in [7, 11) is 0. The van der Waals surface area contributed by atoms with Gasteiger partial charge in [0.1, 0.15) is 5.69 Å². The van der Waals surface area contributed by atoms with Crippen molar-refractivity contribution in [2.24, 2.45) is 11.8 Å². The van der Waals surface area contributed by atoms with Gasteiger partial charge < -0.3 is 10.4 Å². The van der Waals surface area contributed by atoms with E-state index in [2.05, 4.69) is 15.3 Å². The molecular weight excluding hydrogens is 258 g/mol. The fourth-order valence-electron chi connectivity index (χ4n) is 1.99. The third kappa shape index (κ3) is 5.77. The summed E-state index contributed by atoms with van der Waals surface area (Å²) in [6.45, 7) is 6.18. The highest BCUT2D eigenvalue weighted by molar-refractivity contribution is 5.91. The summed E-state index contributed by atoms with van der Waals surface area (Å²) >= 11 is 0. The van der Waals surface area contributed by atoms with Crippen molar-refractivity contribution >= 4 is 11.9 Å². The maximum atomic E-state index is 11.9. The van der Waals surface area contributed by atoms with Gasteiger partial charge in [0.05, 0.1) is 11.9 Å². The Labute approximate surface area is 118 Å². The molecule has 1 aromatic rings. The van der Waals surface area contributed by atoms with Crippen molar-refractivity contribution in [1.29, 1.82) is 0 Å². The molecule has 0 bridgehead atoms. The number of carboxylic acid groups (broad SMARTS) is 1. The zero-order valence-corrected chi connectivity index (χ0v) is 12.1. The van der Waals surface area contributed by atoms with Crippen LogP contribution < -0.4 is 5.32 Å². The first-order chi connectivity index (χ1) is 9.38. The van der Waals surface area contributed by atoms with Crippen LogP contribution in [-0.4, -0.2) is 33.5 Å². The molecule has 1 heterocycles. The standard InChI is InChI=1S/C14H21N3O3/c1-9(2)4-11(5-13(18)19)7-17-14(20)12-8-15-10(3)6-16-12/h6,8-9,11H,4-5,7H2,1-3H3,(H,17,20)(H,18,19). The van der Waals surface area contributed by atoms with Crippen LogP contribution in [0.25, 0.3) is 0 Å². The number of rotatable bonds is 7. The molecule has 1 unspecified atom stereocenters. The Hall–Kier alpha value is -1.98. The number of aromatic nitrogens is 2. The Balaban J connectivity index is 2.55. The van der Waals surface area contributed by atoms with Crippen LogP contribution in [0.15, 0.2) is 12.4 Å². The maximum Gasteiger partial charge on any atom is 0.303 e. The van der Waals surface area contributed by atoms with Gasteiger partial charge in [-0.3, -0.25) is 14.6 Å². The number of amides is 1. The molecule has 0 aromatic carbocycles. The van der Waals surface area contributed by atoms with Crippen LogP contribution in [0, 0.1) is 18.8 Å². The molecular formula is C14H21N3O3. The Bertz CT molecular complexity index is 457. The van der Waals surface area contributed by atoms with Crippen LogP contribution >= 0.6 is 0 Å². The number of carbonyl (C=O) groups is 2. The van der Waals surface area contributed by atoms with E-state index in [1.807, 2.05) is 13.8 Å². The molecule has 0 aliphatic carbocycles. The van der Waals surface area contributed by atoms with E-state index < -0.39 is 5.97 Å². The lowest BCUT2D eigenvalue weighted by atomic mass is 9.94. The molecule has 0 fully saturated rings. The molecule has 1 aromatic heterocycles. The van der Waals surface area contributed by atoms with Gasteiger partial charge in [0.25, 0.3) is 5.91 Å². The average molecular weight is 279 g/mol. The molecule has 6 nitrogen and oxygen atoms in total. The monoisotopic (exact) mass is 279 g/mol. The quantitative estimate of drug-likeness (QED) is 0.791. The van der Waals surface area contributed by atoms with Crippen LogP contribution in [0.3, 0.4) is 0 Å². The highest BCUT2D eigenvalue weighted by Gasteiger charge is 2.17. The number of nitrogens with zero attached hydrogens (tertiary/aromatic N) is 2. The van der Waals surface area contributed by atoms with Gasteiger partial charge in [0.15, 0.2) is 0 Å². The van der Waals surface area contributed by atoms with E-state index in [4.69, 9.17) is 5.11 Å². The number of hydrogen-bond acceptors (Lipinski definition) is 4. The largest absolute Gasteiger partial charge is 0.481 e. The number of nitrogens with one attached hydrogen (secondary N) is 1. The lowest BCUT2D eigenvalue weighted by molar-refractivity contribution is -0.138. The van der Waals surface area contributed by atoms with E-state index in [9.17, 15) is 9.59 Å². The maximum absolute atomic E-state index is 11.9. The summed E-state index contributed by atoms with van der Waals surface area (Å²) in [5.41, 5.74) is 0.985. The zero-order valence-electron chi connectivity index (χ0n) is 12.1. The lowest BCUT2D eigenvalue weighted by Gasteiger charge is -2.17. The number of aryl methyl sites for hydroxylation is 1.